The highest BCUT2D eigenvalue weighted by molar-refractivity contribution is 7.10. The largest absolute Gasteiger partial charge is 0.369 e. The minimum Gasteiger partial charge on any atom is -0.369 e. The van der Waals surface area contributed by atoms with Gasteiger partial charge < -0.3 is 5.73 Å². The van der Waals surface area contributed by atoms with Gasteiger partial charge in [-0.1, -0.05) is 23.8 Å². The van der Waals surface area contributed by atoms with E-state index in [1.807, 2.05) is 5.38 Å². The maximum Gasteiger partial charge on any atom is 0.224 e. The maximum absolute atomic E-state index is 10.8. The minimum absolute atomic E-state index is 0.218. The van der Waals surface area contributed by atoms with E-state index in [9.17, 15) is 4.79 Å². The first-order valence-electron chi connectivity index (χ1n) is 5.36. The smallest absolute Gasteiger partial charge is 0.224 e. The molecule has 0 atom stereocenters. The van der Waals surface area contributed by atoms with Crippen LogP contribution in [0.1, 0.15) is 16.1 Å². The Hall–Kier alpha value is -1.68. The summed E-state index contributed by atoms with van der Waals surface area (Å²) in [7, 11) is 0. The molecular weight excluding hydrogens is 232 g/mol. The van der Waals surface area contributed by atoms with Gasteiger partial charge in [-0.05, 0) is 19.4 Å². The van der Waals surface area contributed by atoms with E-state index in [1.54, 1.807) is 0 Å². The molecule has 2 N–H and O–H groups in total. The third kappa shape index (κ3) is 2.71. The molecule has 0 aliphatic rings. The molecule has 17 heavy (non-hydrogen) atoms. The van der Waals surface area contributed by atoms with Crippen molar-refractivity contribution in [2.75, 3.05) is 0 Å². The lowest BCUT2D eigenvalue weighted by atomic mass is 10.0. The summed E-state index contributed by atoms with van der Waals surface area (Å²) in [5.41, 5.74) is 9.61. The number of hydrogen-bond acceptors (Lipinski definition) is 3. The van der Waals surface area contributed by atoms with Crippen LogP contribution < -0.4 is 5.73 Å². The molecule has 1 amide bonds. The van der Waals surface area contributed by atoms with Gasteiger partial charge >= 0.3 is 0 Å². The van der Waals surface area contributed by atoms with Crippen molar-refractivity contribution >= 4 is 17.2 Å². The lowest BCUT2D eigenvalue weighted by Crippen LogP contribution is -2.13. The fourth-order valence-electron chi connectivity index (χ4n) is 1.77. The maximum atomic E-state index is 10.8. The Morgan fingerprint density at radius 1 is 1.41 bits per heavy atom. The number of hydrogen-bond donors (Lipinski definition) is 1. The van der Waals surface area contributed by atoms with Crippen LogP contribution in [0.5, 0.6) is 0 Å². The first kappa shape index (κ1) is 11.8. The fourth-order valence-corrected chi connectivity index (χ4v) is 2.57. The molecular formula is C13H14N2OS. The van der Waals surface area contributed by atoms with E-state index >= 15 is 0 Å². The monoisotopic (exact) mass is 246 g/mol. The Balaban J connectivity index is 2.33. The van der Waals surface area contributed by atoms with Gasteiger partial charge in [0.2, 0.25) is 5.91 Å². The van der Waals surface area contributed by atoms with E-state index in [2.05, 4.69) is 37.0 Å². The molecule has 1 heterocycles. The number of aromatic nitrogens is 1. The third-order valence-electron chi connectivity index (χ3n) is 2.54. The van der Waals surface area contributed by atoms with Crippen molar-refractivity contribution in [2.45, 2.75) is 20.3 Å². The summed E-state index contributed by atoms with van der Waals surface area (Å²) < 4.78 is 0. The van der Waals surface area contributed by atoms with Crippen LogP contribution in [0.3, 0.4) is 0 Å². The van der Waals surface area contributed by atoms with E-state index in [0.717, 1.165) is 16.3 Å². The molecule has 0 saturated heterocycles. The molecule has 2 rings (SSSR count). The zero-order valence-electron chi connectivity index (χ0n) is 9.86. The second-order valence-electron chi connectivity index (χ2n) is 4.09. The van der Waals surface area contributed by atoms with Gasteiger partial charge in [0.25, 0.3) is 0 Å². The van der Waals surface area contributed by atoms with Crippen LogP contribution in [0.4, 0.5) is 0 Å². The Morgan fingerprint density at radius 2 is 2.18 bits per heavy atom. The van der Waals surface area contributed by atoms with Gasteiger partial charge in [0, 0.05) is 10.9 Å². The van der Waals surface area contributed by atoms with Crippen molar-refractivity contribution < 1.29 is 4.79 Å². The molecule has 0 unspecified atom stereocenters. The van der Waals surface area contributed by atoms with Gasteiger partial charge in [0.1, 0.15) is 5.01 Å². The van der Waals surface area contributed by atoms with Crippen molar-refractivity contribution in [3.05, 3.63) is 39.7 Å². The van der Waals surface area contributed by atoms with E-state index < -0.39 is 0 Å². The van der Waals surface area contributed by atoms with Crippen LogP contribution in [-0.4, -0.2) is 10.9 Å². The van der Waals surface area contributed by atoms with E-state index in [0.29, 0.717) is 0 Å². The number of rotatable bonds is 3. The van der Waals surface area contributed by atoms with Gasteiger partial charge in [-0.2, -0.15) is 0 Å². The number of primary amides is 1. The quantitative estimate of drug-likeness (QED) is 0.904. The molecule has 1 aromatic heterocycles. The highest BCUT2D eigenvalue weighted by Gasteiger charge is 2.08. The summed E-state index contributed by atoms with van der Waals surface area (Å²) in [6.07, 6.45) is 0.218. The standard InChI is InChI=1S/C13H14N2OS/c1-8-3-4-10(9(2)5-8)11-7-17-13(15-11)6-12(14)16/h3-5,7H,6H2,1-2H3,(H2,14,16). The number of benzene rings is 1. The lowest BCUT2D eigenvalue weighted by Gasteiger charge is -2.03. The highest BCUT2D eigenvalue weighted by atomic mass is 32.1. The Morgan fingerprint density at radius 3 is 2.82 bits per heavy atom. The molecule has 0 aliphatic heterocycles. The Kier molecular flexibility index (Phi) is 3.24. The summed E-state index contributed by atoms with van der Waals surface area (Å²) in [5.74, 6) is -0.341. The van der Waals surface area contributed by atoms with Crippen LogP contribution in [0.2, 0.25) is 0 Å². The number of thiazole rings is 1. The molecule has 88 valence electrons. The van der Waals surface area contributed by atoms with Crippen molar-refractivity contribution in [3.63, 3.8) is 0 Å². The topological polar surface area (TPSA) is 56.0 Å². The summed E-state index contributed by atoms with van der Waals surface area (Å²) in [5, 5.41) is 2.74. The number of nitrogens with zero attached hydrogens (tertiary/aromatic N) is 1. The highest BCUT2D eigenvalue weighted by Crippen LogP contribution is 2.25. The summed E-state index contributed by atoms with van der Waals surface area (Å²) in [6, 6.07) is 6.26. The number of carbonyl (C=O) groups excluding carboxylic acids is 1. The van der Waals surface area contributed by atoms with E-state index in [-0.39, 0.29) is 12.3 Å². The van der Waals surface area contributed by atoms with Gasteiger partial charge in [-0.3, -0.25) is 4.79 Å². The normalized spacial score (nSPS) is 10.5. The third-order valence-corrected chi connectivity index (χ3v) is 3.38. The Labute approximate surface area is 104 Å². The molecule has 0 fully saturated rings. The average molecular weight is 246 g/mol. The fraction of sp³-hybridized carbons (Fsp3) is 0.231. The summed E-state index contributed by atoms with van der Waals surface area (Å²) in [4.78, 5) is 15.2. The molecule has 1 aromatic carbocycles. The van der Waals surface area contributed by atoms with Gasteiger partial charge in [0.05, 0.1) is 12.1 Å². The molecule has 0 radical (unpaired) electrons. The SMILES string of the molecule is Cc1ccc(-c2csc(CC(N)=O)n2)c(C)c1. The Bertz CT molecular complexity index is 560. The number of aryl methyl sites for hydroxylation is 2. The van der Waals surface area contributed by atoms with Gasteiger partial charge in [0.15, 0.2) is 0 Å². The van der Waals surface area contributed by atoms with Gasteiger partial charge in [-0.25, -0.2) is 4.98 Å². The summed E-state index contributed by atoms with van der Waals surface area (Å²) in [6.45, 7) is 4.13. The van der Waals surface area contributed by atoms with Crippen molar-refractivity contribution in [2.24, 2.45) is 5.73 Å². The zero-order chi connectivity index (χ0) is 12.4. The first-order valence-corrected chi connectivity index (χ1v) is 6.24. The average Bonchev–Trinajstić information content (AvgIpc) is 2.65. The van der Waals surface area contributed by atoms with Crippen LogP contribution in [0.15, 0.2) is 23.6 Å². The lowest BCUT2D eigenvalue weighted by molar-refractivity contribution is -0.117. The molecule has 0 spiro atoms. The second kappa shape index (κ2) is 4.67. The first-order chi connectivity index (χ1) is 8.06. The zero-order valence-corrected chi connectivity index (χ0v) is 10.7. The number of nitrogens with two attached hydrogens (primary N) is 1. The molecule has 0 bridgehead atoms. The molecule has 0 saturated carbocycles. The van der Waals surface area contributed by atoms with Crippen molar-refractivity contribution in [1.82, 2.24) is 4.98 Å². The molecule has 4 heteroatoms. The van der Waals surface area contributed by atoms with E-state index in [1.165, 1.54) is 22.5 Å². The molecule has 0 aliphatic carbocycles. The van der Waals surface area contributed by atoms with Crippen LogP contribution in [-0.2, 0) is 11.2 Å². The van der Waals surface area contributed by atoms with Gasteiger partial charge in [-0.15, -0.1) is 11.3 Å². The predicted molar refractivity (Wildman–Crippen MR) is 69.9 cm³/mol. The molecule has 2 aromatic rings. The van der Waals surface area contributed by atoms with Crippen molar-refractivity contribution in [1.29, 1.82) is 0 Å². The second-order valence-corrected chi connectivity index (χ2v) is 5.03. The number of amides is 1. The van der Waals surface area contributed by atoms with Crippen LogP contribution in [0, 0.1) is 13.8 Å². The van der Waals surface area contributed by atoms with Crippen LogP contribution >= 0.6 is 11.3 Å². The van der Waals surface area contributed by atoms with Crippen molar-refractivity contribution in [3.8, 4) is 11.3 Å². The predicted octanol–water partition coefficient (Wildman–Crippen LogP) is 2.45. The van der Waals surface area contributed by atoms with Crippen LogP contribution in [0.25, 0.3) is 11.3 Å². The minimum atomic E-state index is -0.341. The summed E-state index contributed by atoms with van der Waals surface area (Å²) >= 11 is 1.47. The molecule has 3 nitrogen and oxygen atoms in total. The van der Waals surface area contributed by atoms with E-state index in [4.69, 9.17) is 5.73 Å². The number of carbonyl (C=O) groups is 1.